The summed E-state index contributed by atoms with van der Waals surface area (Å²) in [6.07, 6.45) is 1.64. The van der Waals surface area contributed by atoms with Gasteiger partial charge < -0.3 is 19.9 Å². The molecule has 0 bridgehead atoms. The number of hydrogen-bond donors (Lipinski definition) is 2. The van der Waals surface area contributed by atoms with Gasteiger partial charge >= 0.3 is 0 Å². The zero-order valence-electron chi connectivity index (χ0n) is 19.6. The largest absolute Gasteiger partial charge is 0.494 e. The Bertz CT molecular complexity index is 1160. The monoisotopic (exact) mass is 464 g/mol. The molecule has 1 aliphatic rings. The summed E-state index contributed by atoms with van der Waals surface area (Å²) in [7, 11) is 7.27. The molecule has 1 aromatic heterocycles. The molecule has 4 rings (SSSR count). The Morgan fingerprint density at radius 3 is 2.71 bits per heavy atom. The summed E-state index contributed by atoms with van der Waals surface area (Å²) in [6.45, 7) is 2.04. The van der Waals surface area contributed by atoms with Crippen molar-refractivity contribution in [2.45, 2.75) is 6.54 Å². The van der Waals surface area contributed by atoms with Crippen LogP contribution < -0.4 is 25.4 Å². The number of aromatic nitrogens is 2. The minimum Gasteiger partial charge on any atom is -0.494 e. The number of fused-ring (bicyclic) bond motifs is 1. The Labute approximate surface area is 198 Å². The SMILES string of the molecule is COc1cc(N(C)CCN(C)C)c([N+](=O)[O-])cc1Nc1nccc(N2Cc3ccccc3N2)n1. The van der Waals surface area contributed by atoms with Crippen LogP contribution in [0.3, 0.4) is 0 Å². The van der Waals surface area contributed by atoms with Gasteiger partial charge in [0.15, 0.2) is 5.82 Å². The van der Waals surface area contributed by atoms with E-state index in [1.165, 1.54) is 18.7 Å². The third-order valence-electron chi connectivity index (χ3n) is 5.55. The highest BCUT2D eigenvalue weighted by Crippen LogP contribution is 2.39. The first-order chi connectivity index (χ1) is 16.4. The van der Waals surface area contributed by atoms with Crippen molar-refractivity contribution in [1.29, 1.82) is 0 Å². The zero-order valence-corrected chi connectivity index (χ0v) is 19.6. The lowest BCUT2D eigenvalue weighted by Gasteiger charge is -2.23. The predicted molar refractivity (Wildman–Crippen MR) is 133 cm³/mol. The van der Waals surface area contributed by atoms with Gasteiger partial charge in [-0.3, -0.25) is 20.5 Å². The van der Waals surface area contributed by atoms with Gasteiger partial charge in [0.05, 0.1) is 30.0 Å². The molecule has 2 heterocycles. The fourth-order valence-electron chi connectivity index (χ4n) is 3.69. The van der Waals surface area contributed by atoms with Crippen molar-refractivity contribution in [3.05, 3.63) is 64.3 Å². The van der Waals surface area contributed by atoms with Gasteiger partial charge in [-0.2, -0.15) is 4.98 Å². The van der Waals surface area contributed by atoms with Gasteiger partial charge in [-0.25, -0.2) is 4.98 Å². The number of hydrogen-bond acceptors (Lipinski definition) is 10. The predicted octanol–water partition coefficient (Wildman–Crippen LogP) is 3.48. The van der Waals surface area contributed by atoms with Crippen LogP contribution in [0.2, 0.25) is 0 Å². The molecule has 0 aliphatic carbocycles. The summed E-state index contributed by atoms with van der Waals surface area (Å²) < 4.78 is 5.54. The summed E-state index contributed by atoms with van der Waals surface area (Å²) >= 11 is 0. The molecule has 0 fully saturated rings. The molecule has 178 valence electrons. The fourth-order valence-corrected chi connectivity index (χ4v) is 3.69. The number of nitrogens with zero attached hydrogens (tertiary/aromatic N) is 6. The Balaban J connectivity index is 1.59. The summed E-state index contributed by atoms with van der Waals surface area (Å²) in [5, 5.41) is 16.9. The fraction of sp³-hybridized carbons (Fsp3) is 0.304. The lowest BCUT2D eigenvalue weighted by Crippen LogP contribution is -2.29. The van der Waals surface area contributed by atoms with Gasteiger partial charge in [0, 0.05) is 44.5 Å². The van der Waals surface area contributed by atoms with E-state index in [1.54, 1.807) is 18.3 Å². The van der Waals surface area contributed by atoms with Gasteiger partial charge in [-0.1, -0.05) is 18.2 Å². The molecule has 0 spiro atoms. The van der Waals surface area contributed by atoms with Crippen LogP contribution in [-0.2, 0) is 6.54 Å². The third kappa shape index (κ3) is 4.94. The summed E-state index contributed by atoms with van der Waals surface area (Å²) in [5.41, 5.74) is 6.37. The molecule has 3 aromatic rings. The average Bonchev–Trinajstić information content (AvgIpc) is 3.27. The first kappa shape index (κ1) is 23.1. The molecule has 0 atom stereocenters. The maximum Gasteiger partial charge on any atom is 0.294 e. The second kappa shape index (κ2) is 9.79. The van der Waals surface area contributed by atoms with Crippen LogP contribution in [0.15, 0.2) is 48.7 Å². The molecular weight excluding hydrogens is 436 g/mol. The number of likely N-dealkylation sites (N-methyl/N-ethyl adjacent to an activating group) is 2. The lowest BCUT2D eigenvalue weighted by atomic mass is 10.2. The second-order valence-corrected chi connectivity index (χ2v) is 8.24. The van der Waals surface area contributed by atoms with Crippen LogP contribution in [0.4, 0.5) is 34.5 Å². The number of benzene rings is 2. The Morgan fingerprint density at radius 1 is 1.21 bits per heavy atom. The highest BCUT2D eigenvalue weighted by atomic mass is 16.6. The topological polar surface area (TPSA) is 112 Å². The van der Waals surface area contributed by atoms with Gasteiger partial charge in [0.2, 0.25) is 5.95 Å². The molecule has 11 heteroatoms. The van der Waals surface area contributed by atoms with E-state index in [4.69, 9.17) is 4.74 Å². The number of anilines is 5. The van der Waals surface area contributed by atoms with Crippen molar-refractivity contribution in [3.8, 4) is 5.75 Å². The van der Waals surface area contributed by atoms with Crippen molar-refractivity contribution in [1.82, 2.24) is 14.9 Å². The van der Waals surface area contributed by atoms with Crippen molar-refractivity contribution in [2.24, 2.45) is 0 Å². The van der Waals surface area contributed by atoms with Crippen LogP contribution >= 0.6 is 0 Å². The minimum absolute atomic E-state index is 0.0302. The third-order valence-corrected chi connectivity index (χ3v) is 5.55. The van der Waals surface area contributed by atoms with E-state index in [9.17, 15) is 10.1 Å². The zero-order chi connectivity index (χ0) is 24.2. The Kier molecular flexibility index (Phi) is 6.64. The molecule has 0 saturated carbocycles. The van der Waals surface area contributed by atoms with E-state index in [0.717, 1.165) is 12.2 Å². The van der Waals surface area contributed by atoms with Gasteiger partial charge in [-0.15, -0.1) is 0 Å². The minimum atomic E-state index is -0.394. The van der Waals surface area contributed by atoms with Gasteiger partial charge in [0.25, 0.3) is 5.69 Å². The number of hydrazine groups is 1. The molecule has 2 N–H and O–H groups in total. The Morgan fingerprint density at radius 2 is 2.00 bits per heavy atom. The van der Waals surface area contributed by atoms with Gasteiger partial charge in [0.1, 0.15) is 11.4 Å². The summed E-state index contributed by atoms with van der Waals surface area (Å²) in [5.74, 6) is 1.43. The maximum absolute atomic E-state index is 11.9. The average molecular weight is 465 g/mol. The first-order valence-corrected chi connectivity index (χ1v) is 10.8. The maximum atomic E-state index is 11.9. The summed E-state index contributed by atoms with van der Waals surface area (Å²) in [6, 6.07) is 13.0. The number of ether oxygens (including phenoxy) is 1. The standard InChI is InChI=1S/C23H28N8O3/c1-28(2)11-12-29(3)19-14-21(34-4)18(13-20(19)31(32)33)25-23-24-10-9-22(26-23)30-15-16-7-5-6-8-17(16)27-30/h5-10,13-14,27H,11-12,15H2,1-4H3,(H,24,25,26). The van der Waals surface area contributed by atoms with E-state index in [1.807, 2.05) is 54.2 Å². The molecule has 0 amide bonds. The molecule has 0 unspecified atom stereocenters. The number of nitro benzene ring substituents is 1. The Hall–Kier alpha value is -4.12. The van der Waals surface area contributed by atoms with Crippen molar-refractivity contribution in [3.63, 3.8) is 0 Å². The molecule has 1 aliphatic heterocycles. The molecule has 2 aromatic carbocycles. The highest BCUT2D eigenvalue weighted by molar-refractivity contribution is 5.77. The quantitative estimate of drug-likeness (QED) is 0.360. The van der Waals surface area contributed by atoms with Crippen molar-refractivity contribution >= 4 is 34.5 Å². The van der Waals surface area contributed by atoms with Crippen LogP contribution in [0.1, 0.15) is 5.56 Å². The van der Waals surface area contributed by atoms with E-state index >= 15 is 0 Å². The summed E-state index contributed by atoms with van der Waals surface area (Å²) in [4.78, 5) is 24.2. The van der Waals surface area contributed by atoms with E-state index < -0.39 is 4.92 Å². The molecule has 0 radical (unpaired) electrons. The van der Waals surface area contributed by atoms with Crippen LogP contribution in [0, 0.1) is 10.1 Å². The number of rotatable bonds is 9. The number of nitrogens with one attached hydrogen (secondary N) is 2. The first-order valence-electron chi connectivity index (χ1n) is 10.8. The van der Waals surface area contributed by atoms with Crippen molar-refractivity contribution in [2.75, 3.05) is 62.0 Å². The smallest absolute Gasteiger partial charge is 0.294 e. The molecule has 0 saturated heterocycles. The van der Waals surface area contributed by atoms with E-state index in [-0.39, 0.29) is 5.69 Å². The highest BCUT2D eigenvalue weighted by Gasteiger charge is 2.23. The van der Waals surface area contributed by atoms with Crippen LogP contribution in [0.5, 0.6) is 5.75 Å². The number of nitro groups is 1. The van der Waals surface area contributed by atoms with Gasteiger partial charge in [-0.05, 0) is 25.7 Å². The van der Waals surface area contributed by atoms with E-state index in [0.29, 0.717) is 42.0 Å². The normalized spacial score (nSPS) is 12.3. The molecular formula is C23H28N8O3. The van der Waals surface area contributed by atoms with E-state index in [2.05, 4.69) is 26.8 Å². The number of para-hydroxylation sites is 1. The van der Waals surface area contributed by atoms with Crippen LogP contribution in [-0.4, -0.2) is 61.1 Å². The molecule has 11 nitrogen and oxygen atoms in total. The molecule has 34 heavy (non-hydrogen) atoms. The van der Waals surface area contributed by atoms with Crippen LogP contribution in [0.25, 0.3) is 0 Å². The second-order valence-electron chi connectivity index (χ2n) is 8.24. The van der Waals surface area contributed by atoms with Crippen molar-refractivity contribution < 1.29 is 9.66 Å². The number of methoxy groups -OCH3 is 1. The lowest BCUT2D eigenvalue weighted by molar-refractivity contribution is -0.384.